The minimum atomic E-state index is 0.148. The summed E-state index contributed by atoms with van der Waals surface area (Å²) in [4.78, 5) is 10.3. The third-order valence-electron chi connectivity index (χ3n) is 5.30. The van der Waals surface area contributed by atoms with Crippen molar-refractivity contribution in [1.82, 2.24) is 14.9 Å². The molecule has 2 aromatic carbocycles. The second-order valence-electron chi connectivity index (χ2n) is 7.14. The standard InChI is InChI=1S/C21H26N4O/c1-14-23-18-11-16(20(26-2)12-19(18)24-14)13-25-10-6-9-17(22)21(25)15-7-4-3-5-8-15/h3-5,7-8,11-12,17,21H,6,9-10,13,22H2,1-2H3,(H,23,24). The van der Waals surface area contributed by atoms with Crippen LogP contribution in [0.5, 0.6) is 5.75 Å². The van der Waals surface area contributed by atoms with Crippen LogP contribution in [0.1, 0.15) is 35.8 Å². The molecule has 26 heavy (non-hydrogen) atoms. The van der Waals surface area contributed by atoms with Crippen molar-refractivity contribution >= 4 is 11.0 Å². The van der Waals surface area contributed by atoms with Crippen LogP contribution in [0.3, 0.4) is 0 Å². The van der Waals surface area contributed by atoms with E-state index in [2.05, 4.69) is 51.3 Å². The highest BCUT2D eigenvalue weighted by atomic mass is 16.5. The van der Waals surface area contributed by atoms with E-state index in [0.717, 1.165) is 48.5 Å². The molecular formula is C21H26N4O. The Morgan fingerprint density at radius 2 is 2.08 bits per heavy atom. The second kappa shape index (κ2) is 7.09. The molecule has 0 aliphatic carbocycles. The van der Waals surface area contributed by atoms with Gasteiger partial charge in [-0.25, -0.2) is 4.98 Å². The van der Waals surface area contributed by atoms with Crippen LogP contribution in [0.4, 0.5) is 0 Å². The zero-order valence-electron chi connectivity index (χ0n) is 15.4. The number of methoxy groups -OCH3 is 1. The number of piperidine rings is 1. The van der Waals surface area contributed by atoms with Crippen LogP contribution in [-0.2, 0) is 6.54 Å². The molecule has 5 nitrogen and oxygen atoms in total. The number of hydrogen-bond acceptors (Lipinski definition) is 4. The number of benzene rings is 2. The lowest BCUT2D eigenvalue weighted by Crippen LogP contribution is -2.45. The smallest absolute Gasteiger partial charge is 0.125 e. The molecule has 2 unspecified atom stereocenters. The molecule has 0 spiro atoms. The van der Waals surface area contributed by atoms with Gasteiger partial charge in [-0.15, -0.1) is 0 Å². The molecule has 1 aromatic heterocycles. The van der Waals surface area contributed by atoms with Crippen molar-refractivity contribution in [3.63, 3.8) is 0 Å². The summed E-state index contributed by atoms with van der Waals surface area (Å²) in [6.45, 7) is 3.82. The fourth-order valence-corrected chi connectivity index (χ4v) is 4.13. The summed E-state index contributed by atoms with van der Waals surface area (Å²) in [6, 6.07) is 15.2. The van der Waals surface area contributed by atoms with E-state index < -0.39 is 0 Å². The highest BCUT2D eigenvalue weighted by Gasteiger charge is 2.30. The number of aryl methyl sites for hydroxylation is 1. The number of nitrogens with zero attached hydrogens (tertiary/aromatic N) is 2. The lowest BCUT2D eigenvalue weighted by atomic mass is 9.90. The number of aromatic nitrogens is 2. The maximum absolute atomic E-state index is 6.53. The average Bonchev–Trinajstić information content (AvgIpc) is 3.01. The Kier molecular flexibility index (Phi) is 4.66. The normalized spacial score (nSPS) is 21.2. The molecule has 1 aliphatic heterocycles. The molecule has 0 bridgehead atoms. The third kappa shape index (κ3) is 3.20. The van der Waals surface area contributed by atoms with Crippen LogP contribution in [0.15, 0.2) is 42.5 Å². The van der Waals surface area contributed by atoms with Crippen molar-refractivity contribution in [2.75, 3.05) is 13.7 Å². The number of hydrogen-bond donors (Lipinski definition) is 2. The number of aromatic amines is 1. The monoisotopic (exact) mass is 350 g/mol. The first kappa shape index (κ1) is 17.1. The predicted molar refractivity (Wildman–Crippen MR) is 104 cm³/mol. The van der Waals surface area contributed by atoms with Crippen LogP contribution in [-0.4, -0.2) is 34.6 Å². The molecule has 0 saturated carbocycles. The van der Waals surface area contributed by atoms with Gasteiger partial charge >= 0.3 is 0 Å². The van der Waals surface area contributed by atoms with Gasteiger partial charge in [0.05, 0.1) is 24.2 Å². The minimum absolute atomic E-state index is 0.148. The fourth-order valence-electron chi connectivity index (χ4n) is 4.13. The van der Waals surface area contributed by atoms with E-state index in [1.54, 1.807) is 7.11 Å². The molecule has 5 heteroatoms. The average molecular weight is 350 g/mol. The molecule has 0 amide bonds. The number of ether oxygens (including phenoxy) is 1. The van der Waals surface area contributed by atoms with Gasteiger partial charge in [0.2, 0.25) is 0 Å². The Labute approximate surface area is 154 Å². The Hall–Kier alpha value is -2.37. The summed E-state index contributed by atoms with van der Waals surface area (Å²) in [5.41, 5.74) is 11.0. The molecule has 1 fully saturated rings. The minimum Gasteiger partial charge on any atom is -0.496 e. The molecular weight excluding hydrogens is 324 g/mol. The van der Waals surface area contributed by atoms with E-state index in [4.69, 9.17) is 10.5 Å². The van der Waals surface area contributed by atoms with Crippen LogP contribution in [0.25, 0.3) is 11.0 Å². The summed E-state index contributed by atoms with van der Waals surface area (Å²) < 4.78 is 5.66. The van der Waals surface area contributed by atoms with Crippen molar-refractivity contribution in [2.45, 2.75) is 38.4 Å². The molecule has 0 radical (unpaired) electrons. The third-order valence-corrected chi connectivity index (χ3v) is 5.30. The molecule has 1 aliphatic rings. The van der Waals surface area contributed by atoms with Gasteiger partial charge in [-0.05, 0) is 37.9 Å². The van der Waals surface area contributed by atoms with Gasteiger partial charge in [-0.2, -0.15) is 0 Å². The van der Waals surface area contributed by atoms with Crippen LogP contribution >= 0.6 is 0 Å². The highest BCUT2D eigenvalue weighted by molar-refractivity contribution is 5.78. The molecule has 2 heterocycles. The van der Waals surface area contributed by atoms with Crippen molar-refractivity contribution in [1.29, 1.82) is 0 Å². The quantitative estimate of drug-likeness (QED) is 0.755. The predicted octanol–water partition coefficient (Wildman–Crippen LogP) is 3.54. The first-order valence-corrected chi connectivity index (χ1v) is 9.23. The lowest BCUT2D eigenvalue weighted by Gasteiger charge is -2.40. The van der Waals surface area contributed by atoms with Crippen molar-refractivity contribution in [3.05, 3.63) is 59.4 Å². The van der Waals surface area contributed by atoms with Gasteiger partial charge in [0.1, 0.15) is 11.6 Å². The Morgan fingerprint density at radius 1 is 1.27 bits per heavy atom. The van der Waals surface area contributed by atoms with Gasteiger partial charge in [-0.1, -0.05) is 30.3 Å². The molecule has 1 saturated heterocycles. The maximum Gasteiger partial charge on any atom is 0.125 e. The maximum atomic E-state index is 6.53. The van der Waals surface area contributed by atoms with Gasteiger partial charge in [0.25, 0.3) is 0 Å². The number of fused-ring (bicyclic) bond motifs is 1. The Bertz CT molecular complexity index is 890. The topological polar surface area (TPSA) is 67.2 Å². The van der Waals surface area contributed by atoms with Crippen molar-refractivity contribution in [3.8, 4) is 5.75 Å². The number of nitrogens with one attached hydrogen (secondary N) is 1. The molecule has 4 rings (SSSR count). The summed E-state index contributed by atoms with van der Waals surface area (Å²) >= 11 is 0. The van der Waals surface area contributed by atoms with Crippen molar-refractivity contribution < 1.29 is 4.74 Å². The Morgan fingerprint density at radius 3 is 2.85 bits per heavy atom. The van der Waals surface area contributed by atoms with E-state index in [9.17, 15) is 0 Å². The van der Waals surface area contributed by atoms with E-state index in [1.807, 2.05) is 13.0 Å². The molecule has 3 N–H and O–H groups in total. The highest BCUT2D eigenvalue weighted by Crippen LogP contribution is 2.34. The summed E-state index contributed by atoms with van der Waals surface area (Å²) in [7, 11) is 1.72. The number of rotatable bonds is 4. The second-order valence-corrected chi connectivity index (χ2v) is 7.14. The van der Waals surface area contributed by atoms with Crippen LogP contribution in [0, 0.1) is 6.92 Å². The fraction of sp³-hybridized carbons (Fsp3) is 0.381. The van der Waals surface area contributed by atoms with E-state index in [0.29, 0.717) is 0 Å². The number of nitrogens with two attached hydrogens (primary N) is 1. The molecule has 2 atom stereocenters. The van der Waals surface area contributed by atoms with Gasteiger partial charge in [0.15, 0.2) is 0 Å². The van der Waals surface area contributed by atoms with Gasteiger partial charge < -0.3 is 15.5 Å². The zero-order chi connectivity index (χ0) is 18.1. The SMILES string of the molecule is COc1cc2nc(C)[nH]c2cc1CN1CCCC(N)C1c1ccccc1. The van der Waals surface area contributed by atoms with Crippen LogP contribution < -0.4 is 10.5 Å². The summed E-state index contributed by atoms with van der Waals surface area (Å²) in [6.07, 6.45) is 2.18. The largest absolute Gasteiger partial charge is 0.496 e. The molecule has 3 aromatic rings. The van der Waals surface area contributed by atoms with Crippen molar-refractivity contribution in [2.24, 2.45) is 5.73 Å². The summed E-state index contributed by atoms with van der Waals surface area (Å²) in [5, 5.41) is 0. The first-order chi connectivity index (χ1) is 12.7. The number of likely N-dealkylation sites (tertiary alicyclic amines) is 1. The number of imidazole rings is 1. The van der Waals surface area contributed by atoms with Crippen LogP contribution in [0.2, 0.25) is 0 Å². The van der Waals surface area contributed by atoms with Gasteiger partial charge in [-0.3, -0.25) is 4.90 Å². The summed E-state index contributed by atoms with van der Waals surface area (Å²) in [5.74, 6) is 1.80. The zero-order valence-corrected chi connectivity index (χ0v) is 15.4. The van der Waals surface area contributed by atoms with E-state index in [-0.39, 0.29) is 12.1 Å². The lowest BCUT2D eigenvalue weighted by molar-refractivity contribution is 0.119. The number of H-pyrrole nitrogens is 1. The van der Waals surface area contributed by atoms with E-state index >= 15 is 0 Å². The first-order valence-electron chi connectivity index (χ1n) is 9.23. The molecule has 136 valence electrons. The van der Waals surface area contributed by atoms with E-state index in [1.165, 1.54) is 11.1 Å². The Balaban J connectivity index is 1.69. The van der Waals surface area contributed by atoms with Gasteiger partial charge in [0, 0.05) is 24.2 Å².